The molecule has 1 amide bonds. The largest absolute Gasteiger partial charge is 0.497 e. The number of rotatable bonds is 6. The Morgan fingerprint density at radius 2 is 1.86 bits per heavy atom. The van der Waals surface area contributed by atoms with Crippen LogP contribution in [0.5, 0.6) is 5.75 Å². The van der Waals surface area contributed by atoms with Gasteiger partial charge in [-0.05, 0) is 61.7 Å². The summed E-state index contributed by atoms with van der Waals surface area (Å²) in [5, 5.41) is 0.737. The van der Waals surface area contributed by atoms with Gasteiger partial charge < -0.3 is 9.64 Å². The predicted molar refractivity (Wildman–Crippen MR) is 108 cm³/mol. The van der Waals surface area contributed by atoms with Crippen LogP contribution >= 0.6 is 11.3 Å². The Morgan fingerprint density at radius 3 is 2.46 bits per heavy atom. The molecule has 0 saturated heterocycles. The molecule has 1 heterocycles. The van der Waals surface area contributed by atoms with E-state index in [0.29, 0.717) is 11.4 Å². The Hall–Kier alpha value is -2.73. The molecule has 4 rings (SSSR count). The van der Waals surface area contributed by atoms with Crippen LogP contribution in [0.15, 0.2) is 48.5 Å². The summed E-state index contributed by atoms with van der Waals surface area (Å²) in [6, 6.07) is 14.3. The van der Waals surface area contributed by atoms with Gasteiger partial charge >= 0.3 is 0 Å². The van der Waals surface area contributed by atoms with Crippen molar-refractivity contribution < 1.29 is 13.9 Å². The summed E-state index contributed by atoms with van der Waals surface area (Å²) >= 11 is 1.37. The van der Waals surface area contributed by atoms with E-state index >= 15 is 0 Å². The number of amides is 1. The van der Waals surface area contributed by atoms with Crippen molar-refractivity contribution in [3.8, 4) is 16.3 Å². The molecule has 0 radical (unpaired) electrons. The van der Waals surface area contributed by atoms with Gasteiger partial charge in [-0.1, -0.05) is 12.1 Å². The quantitative estimate of drug-likeness (QED) is 0.584. The minimum absolute atomic E-state index is 0.0154. The fraction of sp³-hybridized carbons (Fsp3) is 0.273. The zero-order valence-corrected chi connectivity index (χ0v) is 16.6. The van der Waals surface area contributed by atoms with Gasteiger partial charge in [0.25, 0.3) is 5.91 Å². The Kier molecular flexibility index (Phi) is 5.13. The number of nitrogens with zero attached hydrogens (tertiary/aromatic N) is 2. The van der Waals surface area contributed by atoms with E-state index in [0.717, 1.165) is 40.4 Å². The van der Waals surface area contributed by atoms with Gasteiger partial charge in [0.05, 0.1) is 12.8 Å². The first-order valence-corrected chi connectivity index (χ1v) is 10.0. The van der Waals surface area contributed by atoms with Crippen LogP contribution in [0.2, 0.25) is 0 Å². The highest BCUT2D eigenvalue weighted by Gasteiger charge is 2.34. The van der Waals surface area contributed by atoms with Crippen LogP contribution in [0.25, 0.3) is 10.6 Å². The van der Waals surface area contributed by atoms with Gasteiger partial charge in [0.1, 0.15) is 21.5 Å². The Labute approximate surface area is 167 Å². The molecule has 6 heteroatoms. The Bertz CT molecular complexity index is 979. The number of thiazole rings is 1. The molecular weight excluding hydrogens is 375 g/mol. The third-order valence-corrected chi connectivity index (χ3v) is 6.04. The van der Waals surface area contributed by atoms with Gasteiger partial charge in [-0.3, -0.25) is 4.79 Å². The second-order valence-corrected chi connectivity index (χ2v) is 7.95. The third-order valence-electron chi connectivity index (χ3n) is 4.84. The van der Waals surface area contributed by atoms with Crippen LogP contribution in [0.3, 0.4) is 0 Å². The molecular formula is C22H21FN2O2S. The lowest BCUT2D eigenvalue weighted by molar-refractivity contribution is 0.0734. The number of aryl methyl sites for hydroxylation is 1. The Morgan fingerprint density at radius 1 is 1.18 bits per heavy atom. The monoisotopic (exact) mass is 396 g/mol. The standard InChI is InChI=1S/C22H21FN2O2S/c1-14-20(28-21(24-14)16-5-7-17(23)8-6-16)22(26)25(18-9-10-18)13-15-3-11-19(27-2)12-4-15/h3-8,11-12,18H,9-10,13H2,1-2H3. The summed E-state index contributed by atoms with van der Waals surface area (Å²) in [7, 11) is 1.64. The van der Waals surface area contributed by atoms with Crippen molar-refractivity contribution >= 4 is 17.2 Å². The number of hydrogen-bond acceptors (Lipinski definition) is 4. The van der Waals surface area contributed by atoms with Crippen LogP contribution in [0.4, 0.5) is 4.39 Å². The highest BCUT2D eigenvalue weighted by molar-refractivity contribution is 7.17. The van der Waals surface area contributed by atoms with E-state index in [-0.39, 0.29) is 17.8 Å². The first-order valence-electron chi connectivity index (χ1n) is 9.22. The summed E-state index contributed by atoms with van der Waals surface area (Å²) < 4.78 is 18.4. The average molecular weight is 396 g/mol. The third kappa shape index (κ3) is 3.92. The number of hydrogen-bond donors (Lipinski definition) is 0. The molecule has 1 aliphatic carbocycles. The molecule has 0 unspecified atom stereocenters. The van der Waals surface area contributed by atoms with Crippen molar-refractivity contribution in [3.63, 3.8) is 0 Å². The van der Waals surface area contributed by atoms with Gasteiger partial charge in [-0.15, -0.1) is 11.3 Å². The van der Waals surface area contributed by atoms with Crippen LogP contribution in [-0.4, -0.2) is 28.9 Å². The zero-order chi connectivity index (χ0) is 19.7. The van der Waals surface area contributed by atoms with Gasteiger partial charge in [0.15, 0.2) is 0 Å². The molecule has 28 heavy (non-hydrogen) atoms. The molecule has 0 bridgehead atoms. The number of halogens is 1. The van der Waals surface area contributed by atoms with Gasteiger partial charge in [-0.25, -0.2) is 9.37 Å². The van der Waals surface area contributed by atoms with Crippen molar-refractivity contribution in [1.29, 1.82) is 0 Å². The summed E-state index contributed by atoms with van der Waals surface area (Å²) in [5.74, 6) is 0.532. The van der Waals surface area contributed by atoms with E-state index in [2.05, 4.69) is 4.98 Å². The fourth-order valence-electron chi connectivity index (χ4n) is 3.12. The maximum Gasteiger partial charge on any atom is 0.266 e. The van der Waals surface area contributed by atoms with Crippen molar-refractivity contribution in [2.75, 3.05) is 7.11 Å². The number of methoxy groups -OCH3 is 1. The smallest absolute Gasteiger partial charge is 0.266 e. The molecule has 3 aromatic rings. The second kappa shape index (κ2) is 7.72. The molecule has 144 valence electrons. The summed E-state index contributed by atoms with van der Waals surface area (Å²) in [4.78, 5) is 20.4. The zero-order valence-electron chi connectivity index (χ0n) is 15.8. The van der Waals surface area contributed by atoms with Crippen LogP contribution in [0, 0.1) is 12.7 Å². The normalized spacial score (nSPS) is 13.4. The molecule has 0 atom stereocenters. The minimum atomic E-state index is -0.285. The highest BCUT2D eigenvalue weighted by Crippen LogP contribution is 2.34. The number of aromatic nitrogens is 1. The first-order chi connectivity index (χ1) is 13.5. The first kappa shape index (κ1) is 18.6. The fourth-order valence-corrected chi connectivity index (χ4v) is 4.15. The van der Waals surface area contributed by atoms with Crippen molar-refractivity contribution in [1.82, 2.24) is 9.88 Å². The molecule has 0 aliphatic heterocycles. The average Bonchev–Trinajstić information content (AvgIpc) is 3.48. The maximum absolute atomic E-state index is 13.3. The predicted octanol–water partition coefficient (Wildman–Crippen LogP) is 5.07. The molecule has 1 aromatic heterocycles. The number of carbonyl (C=O) groups is 1. The topological polar surface area (TPSA) is 42.4 Å². The minimum Gasteiger partial charge on any atom is -0.497 e. The van der Waals surface area contributed by atoms with Crippen molar-refractivity contribution in [3.05, 3.63) is 70.5 Å². The number of benzene rings is 2. The molecule has 4 nitrogen and oxygen atoms in total. The lowest BCUT2D eigenvalue weighted by Gasteiger charge is -2.22. The molecule has 2 aromatic carbocycles. The Balaban J connectivity index is 1.58. The van der Waals surface area contributed by atoms with Crippen molar-refractivity contribution in [2.24, 2.45) is 0 Å². The molecule has 0 N–H and O–H groups in total. The second-order valence-electron chi connectivity index (χ2n) is 6.95. The van der Waals surface area contributed by atoms with E-state index in [9.17, 15) is 9.18 Å². The molecule has 1 aliphatic rings. The van der Waals surface area contributed by atoms with E-state index in [1.807, 2.05) is 36.1 Å². The summed E-state index contributed by atoms with van der Waals surface area (Å²) in [5.41, 5.74) is 2.61. The van der Waals surface area contributed by atoms with E-state index in [1.165, 1.54) is 23.5 Å². The number of ether oxygens (including phenoxy) is 1. The molecule has 0 spiro atoms. The van der Waals surface area contributed by atoms with Gasteiger partial charge in [0.2, 0.25) is 0 Å². The van der Waals surface area contributed by atoms with E-state index < -0.39 is 0 Å². The van der Waals surface area contributed by atoms with Crippen molar-refractivity contribution in [2.45, 2.75) is 32.4 Å². The van der Waals surface area contributed by atoms with Gasteiger partial charge in [-0.2, -0.15) is 0 Å². The van der Waals surface area contributed by atoms with Gasteiger partial charge in [0, 0.05) is 18.2 Å². The van der Waals surface area contributed by atoms with Crippen LogP contribution in [0.1, 0.15) is 33.8 Å². The molecule has 1 saturated carbocycles. The van der Waals surface area contributed by atoms with E-state index in [4.69, 9.17) is 4.74 Å². The van der Waals surface area contributed by atoms with E-state index in [1.54, 1.807) is 19.2 Å². The highest BCUT2D eigenvalue weighted by atomic mass is 32.1. The molecule has 1 fully saturated rings. The van der Waals surface area contributed by atoms with Crippen LogP contribution in [-0.2, 0) is 6.54 Å². The maximum atomic E-state index is 13.3. The lowest BCUT2D eigenvalue weighted by atomic mass is 10.2. The van der Waals surface area contributed by atoms with Crippen LogP contribution < -0.4 is 4.74 Å². The summed E-state index contributed by atoms with van der Waals surface area (Å²) in [6.45, 7) is 2.42. The SMILES string of the molecule is COc1ccc(CN(C(=O)c2sc(-c3ccc(F)cc3)nc2C)C2CC2)cc1. The number of carbonyl (C=O) groups excluding carboxylic acids is 1. The lowest BCUT2D eigenvalue weighted by Crippen LogP contribution is -2.32. The summed E-state index contributed by atoms with van der Waals surface area (Å²) in [6.07, 6.45) is 2.06.